The second-order valence-electron chi connectivity index (χ2n) is 4.01. The number of rotatable bonds is 3. The van der Waals surface area contributed by atoms with Crippen molar-refractivity contribution in [3.8, 4) is 0 Å². The molecule has 96 valence electrons. The lowest BCUT2D eigenvalue weighted by Crippen LogP contribution is -2.12. The third-order valence-electron chi connectivity index (χ3n) is 2.43. The van der Waals surface area contributed by atoms with E-state index < -0.39 is 6.10 Å². The molecule has 6 nitrogen and oxygen atoms in total. The summed E-state index contributed by atoms with van der Waals surface area (Å²) in [5.41, 5.74) is 1.74. The van der Waals surface area contributed by atoms with Gasteiger partial charge in [0.05, 0.1) is 23.1 Å². The predicted molar refractivity (Wildman–Crippen MR) is 68.6 cm³/mol. The van der Waals surface area contributed by atoms with Crippen LogP contribution in [0.25, 0.3) is 0 Å². The van der Waals surface area contributed by atoms with E-state index in [-0.39, 0.29) is 5.91 Å². The fraction of sp³-hybridized carbons (Fsp3) is 0.364. The van der Waals surface area contributed by atoms with E-state index in [0.29, 0.717) is 22.1 Å². The van der Waals surface area contributed by atoms with Crippen LogP contribution in [-0.4, -0.2) is 25.8 Å². The van der Waals surface area contributed by atoms with E-state index in [2.05, 4.69) is 15.4 Å². The molecule has 0 aliphatic rings. The van der Waals surface area contributed by atoms with Gasteiger partial charge in [0, 0.05) is 18.6 Å². The van der Waals surface area contributed by atoms with Crippen molar-refractivity contribution < 1.29 is 9.90 Å². The Morgan fingerprint density at radius 2 is 2.33 bits per heavy atom. The van der Waals surface area contributed by atoms with Crippen LogP contribution < -0.4 is 5.32 Å². The lowest BCUT2D eigenvalue weighted by atomic mass is 10.2. The Kier molecular flexibility index (Phi) is 3.44. The molecule has 0 saturated heterocycles. The van der Waals surface area contributed by atoms with Crippen LogP contribution in [0.2, 0.25) is 0 Å². The minimum Gasteiger partial charge on any atom is -0.387 e. The molecule has 0 radical (unpaired) electrons. The number of anilines is 1. The lowest BCUT2D eigenvalue weighted by Gasteiger charge is -2.00. The van der Waals surface area contributed by atoms with Crippen LogP contribution in [-0.2, 0) is 7.05 Å². The van der Waals surface area contributed by atoms with Crippen molar-refractivity contribution in [1.82, 2.24) is 14.8 Å². The first kappa shape index (κ1) is 12.7. The summed E-state index contributed by atoms with van der Waals surface area (Å²) < 4.78 is 1.59. The van der Waals surface area contributed by atoms with Crippen LogP contribution in [0, 0.1) is 6.92 Å². The van der Waals surface area contributed by atoms with E-state index >= 15 is 0 Å². The van der Waals surface area contributed by atoms with Gasteiger partial charge in [-0.05, 0) is 13.8 Å². The number of nitrogens with zero attached hydrogens (tertiary/aromatic N) is 3. The fourth-order valence-electron chi connectivity index (χ4n) is 1.52. The summed E-state index contributed by atoms with van der Waals surface area (Å²) in [7, 11) is 1.76. The Hall–Kier alpha value is -1.73. The molecule has 2 aromatic heterocycles. The highest BCUT2D eigenvalue weighted by Gasteiger charge is 2.15. The first-order valence-electron chi connectivity index (χ1n) is 5.42. The number of thiazole rings is 1. The normalized spacial score (nSPS) is 12.4. The van der Waals surface area contributed by atoms with Crippen molar-refractivity contribution >= 4 is 22.4 Å². The number of carbonyl (C=O) groups is 1. The number of amides is 1. The molecule has 7 heteroatoms. The summed E-state index contributed by atoms with van der Waals surface area (Å²) >= 11 is 1.28. The number of hydrogen-bond acceptors (Lipinski definition) is 5. The molecule has 0 aromatic carbocycles. The molecule has 0 fully saturated rings. The highest BCUT2D eigenvalue weighted by molar-refractivity contribution is 7.14. The Bertz CT molecular complexity index is 573. The van der Waals surface area contributed by atoms with Gasteiger partial charge >= 0.3 is 0 Å². The number of aliphatic hydroxyl groups excluding tert-OH is 1. The summed E-state index contributed by atoms with van der Waals surface area (Å²) in [4.78, 5) is 16.1. The van der Waals surface area contributed by atoms with Crippen LogP contribution in [0.4, 0.5) is 5.13 Å². The minimum atomic E-state index is -0.632. The van der Waals surface area contributed by atoms with E-state index in [4.69, 9.17) is 0 Å². The largest absolute Gasteiger partial charge is 0.387 e. The molecule has 2 heterocycles. The second kappa shape index (κ2) is 4.87. The highest BCUT2D eigenvalue weighted by Crippen LogP contribution is 2.21. The van der Waals surface area contributed by atoms with Gasteiger partial charge in [-0.2, -0.15) is 5.10 Å². The zero-order valence-electron chi connectivity index (χ0n) is 10.3. The molecule has 0 spiro atoms. The highest BCUT2D eigenvalue weighted by atomic mass is 32.1. The fourth-order valence-corrected chi connectivity index (χ4v) is 2.31. The molecule has 0 saturated carbocycles. The van der Waals surface area contributed by atoms with Gasteiger partial charge in [0.15, 0.2) is 5.13 Å². The standard InChI is InChI=1S/C11H14N4O2S/c1-6-8(4-15(3)14-6)10(17)13-11-12-9(5-18-11)7(2)16/h4-5,7,16H,1-3H3,(H,12,13,17). The topological polar surface area (TPSA) is 80.0 Å². The van der Waals surface area contributed by atoms with Gasteiger partial charge in [-0.3, -0.25) is 14.8 Å². The van der Waals surface area contributed by atoms with Crippen LogP contribution in [0.15, 0.2) is 11.6 Å². The third kappa shape index (κ3) is 2.57. The van der Waals surface area contributed by atoms with Crippen molar-refractivity contribution in [3.63, 3.8) is 0 Å². The van der Waals surface area contributed by atoms with E-state index in [9.17, 15) is 9.90 Å². The Morgan fingerprint density at radius 3 is 2.83 bits per heavy atom. The van der Waals surface area contributed by atoms with E-state index in [1.165, 1.54) is 11.3 Å². The first-order chi connectivity index (χ1) is 8.47. The zero-order valence-corrected chi connectivity index (χ0v) is 11.2. The first-order valence-corrected chi connectivity index (χ1v) is 6.30. The molecule has 0 aliphatic carbocycles. The molecular weight excluding hydrogens is 252 g/mol. The molecule has 2 rings (SSSR count). The molecule has 0 aliphatic heterocycles. The average Bonchev–Trinajstić information content (AvgIpc) is 2.85. The molecular formula is C11H14N4O2S. The van der Waals surface area contributed by atoms with Gasteiger partial charge in [-0.15, -0.1) is 11.3 Å². The molecule has 1 atom stereocenters. The minimum absolute atomic E-state index is 0.243. The van der Waals surface area contributed by atoms with Gasteiger partial charge in [0.25, 0.3) is 5.91 Å². The molecule has 2 aromatic rings. The van der Waals surface area contributed by atoms with E-state index in [0.717, 1.165) is 0 Å². The van der Waals surface area contributed by atoms with Gasteiger partial charge < -0.3 is 5.11 Å². The maximum atomic E-state index is 12.0. The van der Waals surface area contributed by atoms with Gasteiger partial charge in [-0.25, -0.2) is 4.98 Å². The number of aliphatic hydroxyl groups is 1. The van der Waals surface area contributed by atoms with Crippen molar-refractivity contribution in [3.05, 3.63) is 28.5 Å². The van der Waals surface area contributed by atoms with Crippen LogP contribution in [0.5, 0.6) is 0 Å². The Balaban J connectivity index is 2.13. The van der Waals surface area contributed by atoms with Crippen LogP contribution >= 0.6 is 11.3 Å². The summed E-state index contributed by atoms with van der Waals surface area (Å²) in [5, 5.41) is 18.3. The van der Waals surface area contributed by atoms with E-state index in [1.807, 2.05) is 0 Å². The van der Waals surface area contributed by atoms with Crippen molar-refractivity contribution in [2.24, 2.45) is 7.05 Å². The Labute approximate surface area is 108 Å². The maximum absolute atomic E-state index is 12.0. The zero-order chi connectivity index (χ0) is 13.3. The number of hydrogen-bond donors (Lipinski definition) is 2. The van der Waals surface area contributed by atoms with Gasteiger partial charge in [-0.1, -0.05) is 0 Å². The quantitative estimate of drug-likeness (QED) is 0.882. The van der Waals surface area contributed by atoms with Gasteiger partial charge in [0.1, 0.15) is 0 Å². The Morgan fingerprint density at radius 1 is 1.61 bits per heavy atom. The van der Waals surface area contributed by atoms with Crippen molar-refractivity contribution in [1.29, 1.82) is 0 Å². The molecule has 1 unspecified atom stereocenters. The average molecular weight is 266 g/mol. The van der Waals surface area contributed by atoms with E-state index in [1.54, 1.807) is 37.2 Å². The molecule has 0 bridgehead atoms. The summed E-state index contributed by atoms with van der Waals surface area (Å²) in [6, 6.07) is 0. The molecule has 1 amide bonds. The summed E-state index contributed by atoms with van der Waals surface area (Å²) in [6.45, 7) is 3.41. The second-order valence-corrected chi connectivity index (χ2v) is 4.87. The number of aryl methyl sites for hydroxylation is 2. The van der Waals surface area contributed by atoms with Gasteiger partial charge in [0.2, 0.25) is 0 Å². The van der Waals surface area contributed by atoms with Crippen molar-refractivity contribution in [2.75, 3.05) is 5.32 Å². The number of aromatic nitrogens is 3. The maximum Gasteiger partial charge on any atom is 0.260 e. The van der Waals surface area contributed by atoms with Crippen molar-refractivity contribution in [2.45, 2.75) is 20.0 Å². The lowest BCUT2D eigenvalue weighted by molar-refractivity contribution is 0.102. The number of nitrogens with one attached hydrogen (secondary N) is 1. The van der Waals surface area contributed by atoms with Crippen LogP contribution in [0.1, 0.15) is 34.8 Å². The predicted octanol–water partition coefficient (Wildman–Crippen LogP) is 1.49. The molecule has 2 N–H and O–H groups in total. The third-order valence-corrected chi connectivity index (χ3v) is 3.20. The number of carbonyl (C=O) groups excluding carboxylic acids is 1. The van der Waals surface area contributed by atoms with Crippen LogP contribution in [0.3, 0.4) is 0 Å². The monoisotopic (exact) mass is 266 g/mol. The summed E-state index contributed by atoms with van der Waals surface area (Å²) in [5.74, 6) is -0.243. The SMILES string of the molecule is Cc1nn(C)cc1C(=O)Nc1nc(C(C)O)cs1. The summed E-state index contributed by atoms with van der Waals surface area (Å²) in [6.07, 6.45) is 1.03. The molecule has 18 heavy (non-hydrogen) atoms. The smallest absolute Gasteiger partial charge is 0.260 e.